The molecule has 68 valence electrons. The molecule has 0 saturated carbocycles. The van der Waals surface area contributed by atoms with Gasteiger partial charge < -0.3 is 5.32 Å². The molecule has 0 amide bonds. The van der Waals surface area contributed by atoms with Crippen LogP contribution in [0.2, 0.25) is 0 Å². The van der Waals surface area contributed by atoms with Crippen LogP contribution in [0.1, 0.15) is 18.1 Å². The van der Waals surface area contributed by atoms with Crippen LogP contribution >= 0.6 is 12.4 Å². The zero-order valence-electron chi connectivity index (χ0n) is 7.85. The molecule has 1 N–H and O–H groups in total. The molecule has 0 aromatic heterocycles. The lowest BCUT2D eigenvalue weighted by Crippen LogP contribution is -1.98. The maximum Gasteiger partial charge on any atom is 0.0369 e. The Morgan fingerprint density at radius 1 is 1.25 bits per heavy atom. The molecule has 0 saturated heterocycles. The summed E-state index contributed by atoms with van der Waals surface area (Å²) in [7, 11) is 0. The van der Waals surface area contributed by atoms with E-state index in [4.69, 9.17) is 0 Å². The highest BCUT2D eigenvalue weighted by Crippen LogP contribution is 2.15. The Kier molecular flexibility index (Phi) is 4.75. The molecule has 12 heavy (non-hydrogen) atoms. The van der Waals surface area contributed by atoms with Crippen molar-refractivity contribution in [3.63, 3.8) is 0 Å². The third kappa shape index (κ3) is 2.74. The van der Waals surface area contributed by atoms with Crippen molar-refractivity contribution in [3.8, 4) is 0 Å². The van der Waals surface area contributed by atoms with Gasteiger partial charge >= 0.3 is 0 Å². The topological polar surface area (TPSA) is 12.0 Å². The van der Waals surface area contributed by atoms with E-state index in [0.717, 1.165) is 6.54 Å². The van der Waals surface area contributed by atoms with Crippen molar-refractivity contribution in [3.05, 3.63) is 29.3 Å². The first-order valence-electron chi connectivity index (χ1n) is 4.05. The van der Waals surface area contributed by atoms with E-state index in [0.29, 0.717) is 0 Å². The van der Waals surface area contributed by atoms with E-state index < -0.39 is 0 Å². The quantitative estimate of drug-likeness (QED) is 0.747. The molecular weight excluding hydrogens is 170 g/mol. The monoisotopic (exact) mass is 185 g/mol. The van der Waals surface area contributed by atoms with Gasteiger partial charge in [-0.3, -0.25) is 0 Å². The Labute approximate surface area is 80.6 Å². The number of benzene rings is 1. The SMILES string of the molecule is CCNc1ccc(C)cc1C.Cl. The Bertz CT molecular complexity index is 246. The van der Waals surface area contributed by atoms with E-state index in [1.165, 1.54) is 16.8 Å². The number of anilines is 1. The summed E-state index contributed by atoms with van der Waals surface area (Å²) in [5.74, 6) is 0. The van der Waals surface area contributed by atoms with E-state index in [-0.39, 0.29) is 12.4 Å². The lowest BCUT2D eigenvalue weighted by Gasteiger charge is -2.07. The van der Waals surface area contributed by atoms with Gasteiger partial charge in [-0.2, -0.15) is 0 Å². The van der Waals surface area contributed by atoms with Crippen molar-refractivity contribution in [2.45, 2.75) is 20.8 Å². The summed E-state index contributed by atoms with van der Waals surface area (Å²) in [5, 5.41) is 3.30. The van der Waals surface area contributed by atoms with E-state index in [1.54, 1.807) is 0 Å². The van der Waals surface area contributed by atoms with Gasteiger partial charge in [0.1, 0.15) is 0 Å². The molecule has 0 aliphatic heterocycles. The van der Waals surface area contributed by atoms with E-state index >= 15 is 0 Å². The predicted molar refractivity (Wildman–Crippen MR) is 57.3 cm³/mol. The molecule has 1 nitrogen and oxygen atoms in total. The van der Waals surface area contributed by atoms with Crippen molar-refractivity contribution in [2.24, 2.45) is 0 Å². The fraction of sp³-hybridized carbons (Fsp3) is 0.400. The lowest BCUT2D eigenvalue weighted by molar-refractivity contribution is 1.19. The summed E-state index contributed by atoms with van der Waals surface area (Å²) in [5.41, 5.74) is 3.90. The van der Waals surface area contributed by atoms with Gasteiger partial charge in [-0.25, -0.2) is 0 Å². The largest absolute Gasteiger partial charge is 0.385 e. The van der Waals surface area contributed by atoms with Gasteiger partial charge in [0.25, 0.3) is 0 Å². The van der Waals surface area contributed by atoms with Gasteiger partial charge in [0, 0.05) is 12.2 Å². The van der Waals surface area contributed by atoms with Gasteiger partial charge in [0.15, 0.2) is 0 Å². The highest BCUT2D eigenvalue weighted by molar-refractivity contribution is 5.85. The van der Waals surface area contributed by atoms with Crippen LogP contribution in [0.25, 0.3) is 0 Å². The highest BCUT2D eigenvalue weighted by Gasteiger charge is 1.94. The summed E-state index contributed by atoms with van der Waals surface area (Å²) in [6.45, 7) is 7.34. The Balaban J connectivity index is 0.00000121. The third-order valence-corrected chi connectivity index (χ3v) is 1.75. The summed E-state index contributed by atoms with van der Waals surface area (Å²) >= 11 is 0. The van der Waals surface area contributed by atoms with Crippen molar-refractivity contribution in [2.75, 3.05) is 11.9 Å². The van der Waals surface area contributed by atoms with Crippen LogP contribution < -0.4 is 5.32 Å². The van der Waals surface area contributed by atoms with Crippen LogP contribution in [0, 0.1) is 13.8 Å². The first-order valence-corrected chi connectivity index (χ1v) is 4.05. The number of nitrogens with one attached hydrogen (secondary N) is 1. The molecule has 1 aromatic rings. The van der Waals surface area contributed by atoms with E-state index in [1.807, 2.05) is 0 Å². The van der Waals surface area contributed by atoms with Gasteiger partial charge in [-0.05, 0) is 32.4 Å². The highest BCUT2D eigenvalue weighted by atomic mass is 35.5. The van der Waals surface area contributed by atoms with Crippen molar-refractivity contribution in [1.82, 2.24) is 0 Å². The number of hydrogen-bond donors (Lipinski definition) is 1. The standard InChI is InChI=1S/C10H15N.ClH/c1-4-11-10-6-5-8(2)7-9(10)3;/h5-7,11H,4H2,1-3H3;1H. The number of aryl methyl sites for hydroxylation is 2. The Morgan fingerprint density at radius 3 is 2.42 bits per heavy atom. The average molecular weight is 186 g/mol. The van der Waals surface area contributed by atoms with Gasteiger partial charge in [0.05, 0.1) is 0 Å². The molecule has 0 spiro atoms. The molecule has 1 rings (SSSR count). The summed E-state index contributed by atoms with van der Waals surface area (Å²) in [4.78, 5) is 0. The lowest BCUT2D eigenvalue weighted by atomic mass is 10.1. The van der Waals surface area contributed by atoms with Crippen molar-refractivity contribution < 1.29 is 0 Å². The molecule has 0 aliphatic carbocycles. The Morgan fingerprint density at radius 2 is 1.92 bits per heavy atom. The van der Waals surface area contributed by atoms with Gasteiger partial charge in [-0.15, -0.1) is 12.4 Å². The van der Waals surface area contributed by atoms with Gasteiger partial charge in [-0.1, -0.05) is 17.7 Å². The molecular formula is C10H16ClN. The predicted octanol–water partition coefficient (Wildman–Crippen LogP) is 3.16. The number of rotatable bonds is 2. The van der Waals surface area contributed by atoms with E-state index in [9.17, 15) is 0 Å². The van der Waals surface area contributed by atoms with Crippen LogP contribution in [0.3, 0.4) is 0 Å². The van der Waals surface area contributed by atoms with Crippen LogP contribution in [0.5, 0.6) is 0 Å². The smallest absolute Gasteiger partial charge is 0.0369 e. The molecule has 0 unspecified atom stereocenters. The minimum Gasteiger partial charge on any atom is -0.385 e. The summed E-state index contributed by atoms with van der Waals surface area (Å²) < 4.78 is 0. The maximum absolute atomic E-state index is 3.30. The molecule has 0 fully saturated rings. The van der Waals surface area contributed by atoms with Crippen molar-refractivity contribution >= 4 is 18.1 Å². The molecule has 1 aromatic carbocycles. The maximum atomic E-state index is 3.30. The summed E-state index contributed by atoms with van der Waals surface area (Å²) in [6, 6.07) is 6.46. The van der Waals surface area contributed by atoms with Gasteiger partial charge in [0.2, 0.25) is 0 Å². The molecule has 0 atom stereocenters. The molecule has 0 aliphatic rings. The van der Waals surface area contributed by atoms with E-state index in [2.05, 4.69) is 44.3 Å². The average Bonchev–Trinajstić information content (AvgIpc) is 1.95. The molecule has 0 heterocycles. The van der Waals surface area contributed by atoms with Crippen LogP contribution in [-0.4, -0.2) is 6.54 Å². The fourth-order valence-corrected chi connectivity index (χ4v) is 1.20. The number of hydrogen-bond acceptors (Lipinski definition) is 1. The Hall–Kier alpha value is -0.690. The third-order valence-electron chi connectivity index (χ3n) is 1.75. The first kappa shape index (κ1) is 11.3. The zero-order chi connectivity index (χ0) is 8.27. The second-order valence-electron chi connectivity index (χ2n) is 2.85. The van der Waals surface area contributed by atoms with Crippen molar-refractivity contribution in [1.29, 1.82) is 0 Å². The summed E-state index contributed by atoms with van der Waals surface area (Å²) in [6.07, 6.45) is 0. The molecule has 0 radical (unpaired) electrons. The van der Waals surface area contributed by atoms with Crippen LogP contribution in [0.4, 0.5) is 5.69 Å². The molecule has 2 heteroatoms. The fourth-order valence-electron chi connectivity index (χ4n) is 1.20. The number of halogens is 1. The normalized spacial score (nSPS) is 8.92. The zero-order valence-corrected chi connectivity index (χ0v) is 8.66. The second kappa shape index (κ2) is 5.04. The first-order chi connectivity index (χ1) is 5.24. The van der Waals surface area contributed by atoms with Crippen LogP contribution in [0.15, 0.2) is 18.2 Å². The molecule has 0 bridgehead atoms. The minimum atomic E-state index is 0. The van der Waals surface area contributed by atoms with Crippen LogP contribution in [-0.2, 0) is 0 Å². The second-order valence-corrected chi connectivity index (χ2v) is 2.85. The minimum absolute atomic E-state index is 0.